The van der Waals surface area contributed by atoms with Gasteiger partial charge in [0.15, 0.2) is 5.65 Å². The number of amides is 1. The van der Waals surface area contributed by atoms with Gasteiger partial charge in [0.05, 0.1) is 5.69 Å². The molecule has 0 aliphatic carbocycles. The molecule has 4 aromatic rings. The molecule has 0 bridgehead atoms. The molecule has 1 amide bonds. The highest BCUT2D eigenvalue weighted by Gasteiger charge is 2.21. The van der Waals surface area contributed by atoms with E-state index in [0.717, 1.165) is 35.0 Å². The second kappa shape index (κ2) is 7.71. The van der Waals surface area contributed by atoms with E-state index in [0.29, 0.717) is 17.3 Å². The van der Waals surface area contributed by atoms with Crippen LogP contribution in [0.25, 0.3) is 16.8 Å². The number of benzene rings is 1. The van der Waals surface area contributed by atoms with Crippen LogP contribution in [0.5, 0.6) is 0 Å². The van der Waals surface area contributed by atoms with Crippen LogP contribution in [0, 0.1) is 0 Å². The van der Waals surface area contributed by atoms with Gasteiger partial charge in [-0.3, -0.25) is 4.79 Å². The highest BCUT2D eigenvalue weighted by molar-refractivity contribution is 5.93. The maximum Gasteiger partial charge on any atom is 0.248 e. The molecular formula is C23H23N7O. The van der Waals surface area contributed by atoms with E-state index in [9.17, 15) is 4.79 Å². The van der Waals surface area contributed by atoms with Crippen molar-refractivity contribution in [1.29, 1.82) is 0 Å². The summed E-state index contributed by atoms with van der Waals surface area (Å²) in [6.45, 7) is 3.27. The number of hydrogen-bond acceptors (Lipinski definition) is 6. The largest absolute Gasteiger partial charge is 0.366 e. The van der Waals surface area contributed by atoms with Crippen LogP contribution < -0.4 is 16.0 Å². The monoisotopic (exact) mass is 413 g/mol. The number of nitrogens with one attached hydrogen (secondary N) is 1. The van der Waals surface area contributed by atoms with Crippen LogP contribution >= 0.6 is 0 Å². The van der Waals surface area contributed by atoms with Gasteiger partial charge in [0.1, 0.15) is 18.0 Å². The Morgan fingerprint density at radius 3 is 2.74 bits per heavy atom. The molecule has 3 N–H and O–H groups in total. The fourth-order valence-electron chi connectivity index (χ4n) is 4.07. The highest BCUT2D eigenvalue weighted by Crippen LogP contribution is 2.29. The normalized spacial score (nSPS) is 16.0. The highest BCUT2D eigenvalue weighted by atomic mass is 16.1. The smallest absolute Gasteiger partial charge is 0.248 e. The van der Waals surface area contributed by atoms with Gasteiger partial charge in [-0.2, -0.15) is 5.10 Å². The third kappa shape index (κ3) is 3.68. The second-order valence-corrected chi connectivity index (χ2v) is 7.80. The minimum Gasteiger partial charge on any atom is -0.366 e. The van der Waals surface area contributed by atoms with Crippen LogP contribution in [0.3, 0.4) is 0 Å². The molecule has 31 heavy (non-hydrogen) atoms. The number of hydrogen-bond donors (Lipinski definition) is 2. The molecule has 4 heterocycles. The molecule has 8 nitrogen and oxygen atoms in total. The van der Waals surface area contributed by atoms with Crippen LogP contribution in [0.4, 0.5) is 17.3 Å². The molecule has 1 atom stereocenters. The number of nitrogens with zero attached hydrogens (tertiary/aromatic N) is 5. The van der Waals surface area contributed by atoms with Crippen molar-refractivity contribution < 1.29 is 4.79 Å². The Balaban J connectivity index is 1.50. The first-order chi connectivity index (χ1) is 15.1. The zero-order valence-electron chi connectivity index (χ0n) is 17.2. The fraction of sp³-hybridized carbons (Fsp3) is 0.217. The van der Waals surface area contributed by atoms with Crippen LogP contribution in [-0.4, -0.2) is 38.1 Å². The number of anilines is 3. The summed E-state index contributed by atoms with van der Waals surface area (Å²) < 4.78 is 1.73. The average Bonchev–Trinajstić information content (AvgIpc) is 3.43. The Hall–Kier alpha value is -3.94. The van der Waals surface area contributed by atoms with Crippen molar-refractivity contribution >= 4 is 28.9 Å². The number of primary amides is 1. The second-order valence-electron chi connectivity index (χ2n) is 7.80. The lowest BCUT2D eigenvalue weighted by Crippen LogP contribution is -2.27. The summed E-state index contributed by atoms with van der Waals surface area (Å²) in [6.07, 6.45) is 5.81. The van der Waals surface area contributed by atoms with Crippen molar-refractivity contribution in [3.05, 3.63) is 66.6 Å². The Labute approximate surface area is 179 Å². The van der Waals surface area contributed by atoms with Gasteiger partial charge in [0.25, 0.3) is 0 Å². The summed E-state index contributed by atoms with van der Waals surface area (Å²) in [7, 11) is 0. The lowest BCUT2D eigenvalue weighted by atomic mass is 10.0. The van der Waals surface area contributed by atoms with E-state index in [2.05, 4.69) is 33.3 Å². The van der Waals surface area contributed by atoms with E-state index in [4.69, 9.17) is 10.7 Å². The molecule has 0 unspecified atom stereocenters. The van der Waals surface area contributed by atoms with E-state index in [1.165, 1.54) is 19.2 Å². The predicted molar refractivity (Wildman–Crippen MR) is 121 cm³/mol. The van der Waals surface area contributed by atoms with Crippen molar-refractivity contribution in [2.75, 3.05) is 16.8 Å². The number of pyridine rings is 2. The molecule has 1 saturated heterocycles. The molecule has 0 spiro atoms. The summed E-state index contributed by atoms with van der Waals surface area (Å²) in [5.41, 5.74) is 9.21. The van der Waals surface area contributed by atoms with Gasteiger partial charge < -0.3 is 16.0 Å². The van der Waals surface area contributed by atoms with E-state index >= 15 is 0 Å². The predicted octanol–water partition coefficient (Wildman–Crippen LogP) is 3.62. The Morgan fingerprint density at radius 1 is 1.16 bits per heavy atom. The molecule has 5 rings (SSSR count). The van der Waals surface area contributed by atoms with Crippen molar-refractivity contribution in [3.8, 4) is 11.1 Å². The van der Waals surface area contributed by atoms with Gasteiger partial charge in [-0.05, 0) is 55.7 Å². The SMILES string of the molecule is C[C@H]1CCCN1c1cccc(Nc2cc(-c3ccc(C(N)=O)cc3)cn3ncnc23)n1. The first-order valence-electron chi connectivity index (χ1n) is 10.3. The average molecular weight is 413 g/mol. The number of rotatable bonds is 5. The standard InChI is InChI=1S/C23H23N7O/c1-15-4-3-11-29(15)21-6-2-5-20(28-21)27-19-12-18(13-30-23(19)25-14-26-30)16-7-9-17(10-8-16)22(24)31/h2,5-10,12-15H,3-4,11H2,1H3,(H2,24,31)(H,27,28)/t15-/m0/s1. The molecule has 156 valence electrons. The Kier molecular flexibility index (Phi) is 4.74. The number of carbonyl (C=O) groups excluding carboxylic acids is 1. The summed E-state index contributed by atoms with van der Waals surface area (Å²) >= 11 is 0. The van der Waals surface area contributed by atoms with Gasteiger partial charge >= 0.3 is 0 Å². The van der Waals surface area contributed by atoms with Crippen molar-refractivity contribution in [2.45, 2.75) is 25.8 Å². The topological polar surface area (TPSA) is 101 Å². The fourth-order valence-corrected chi connectivity index (χ4v) is 4.07. The molecule has 1 aliphatic heterocycles. The quantitative estimate of drug-likeness (QED) is 0.518. The molecule has 1 aromatic carbocycles. The van der Waals surface area contributed by atoms with Crippen LogP contribution in [0.2, 0.25) is 0 Å². The lowest BCUT2D eigenvalue weighted by molar-refractivity contribution is 0.100. The Morgan fingerprint density at radius 2 is 2.00 bits per heavy atom. The summed E-state index contributed by atoms with van der Waals surface area (Å²) in [4.78, 5) is 22.9. The molecular weight excluding hydrogens is 390 g/mol. The zero-order valence-corrected chi connectivity index (χ0v) is 17.2. The van der Waals surface area contributed by atoms with Crippen LogP contribution in [-0.2, 0) is 0 Å². The van der Waals surface area contributed by atoms with E-state index in [1.54, 1.807) is 16.6 Å². The molecule has 1 fully saturated rings. The number of nitrogens with two attached hydrogens (primary N) is 1. The maximum atomic E-state index is 11.4. The number of fused-ring (bicyclic) bond motifs is 1. The summed E-state index contributed by atoms with van der Waals surface area (Å²) in [6, 6.07) is 15.7. The third-order valence-electron chi connectivity index (χ3n) is 5.72. The van der Waals surface area contributed by atoms with E-state index in [-0.39, 0.29) is 0 Å². The number of carbonyl (C=O) groups is 1. The Bertz CT molecular complexity index is 1250. The van der Waals surface area contributed by atoms with Gasteiger partial charge in [0, 0.05) is 29.9 Å². The first-order valence-corrected chi connectivity index (χ1v) is 10.3. The van der Waals surface area contributed by atoms with Crippen molar-refractivity contribution in [1.82, 2.24) is 19.6 Å². The number of aromatic nitrogens is 4. The minimum atomic E-state index is -0.445. The van der Waals surface area contributed by atoms with Crippen LogP contribution in [0.15, 0.2) is 61.1 Å². The third-order valence-corrected chi connectivity index (χ3v) is 5.72. The van der Waals surface area contributed by atoms with Crippen molar-refractivity contribution in [2.24, 2.45) is 5.73 Å². The van der Waals surface area contributed by atoms with Crippen molar-refractivity contribution in [3.63, 3.8) is 0 Å². The molecule has 0 radical (unpaired) electrons. The van der Waals surface area contributed by atoms with E-state index < -0.39 is 5.91 Å². The molecule has 0 saturated carbocycles. The zero-order chi connectivity index (χ0) is 21.4. The maximum absolute atomic E-state index is 11.4. The van der Waals surface area contributed by atoms with Gasteiger partial charge in [-0.1, -0.05) is 18.2 Å². The summed E-state index contributed by atoms with van der Waals surface area (Å²) in [5, 5.41) is 7.72. The van der Waals surface area contributed by atoms with E-state index in [1.807, 2.05) is 36.5 Å². The van der Waals surface area contributed by atoms with Gasteiger partial charge in [-0.15, -0.1) is 0 Å². The minimum absolute atomic E-state index is 0.445. The molecule has 3 aromatic heterocycles. The first kappa shape index (κ1) is 19.0. The van der Waals surface area contributed by atoms with Gasteiger partial charge in [0.2, 0.25) is 5.91 Å². The van der Waals surface area contributed by atoms with Crippen LogP contribution in [0.1, 0.15) is 30.1 Å². The lowest BCUT2D eigenvalue weighted by Gasteiger charge is -2.23. The summed E-state index contributed by atoms with van der Waals surface area (Å²) in [5.74, 6) is 1.28. The van der Waals surface area contributed by atoms with Gasteiger partial charge in [-0.25, -0.2) is 14.5 Å². The molecule has 8 heteroatoms. The molecule has 1 aliphatic rings.